The number of anilines is 4. The van der Waals surface area contributed by atoms with E-state index in [-0.39, 0.29) is 27.3 Å². The summed E-state index contributed by atoms with van der Waals surface area (Å²) in [6.07, 6.45) is 7.55. The van der Waals surface area contributed by atoms with Crippen LogP contribution < -0.4 is 26.8 Å². The molecule has 20 heteroatoms. The smallest absolute Gasteiger partial charge is 0.287 e. The Morgan fingerprint density at radius 2 is 1.06 bits per heavy atom. The third-order valence-corrected chi connectivity index (χ3v) is 13.4. The van der Waals surface area contributed by atoms with Gasteiger partial charge in [0.15, 0.2) is 17.5 Å². The van der Waals surface area contributed by atoms with E-state index in [0.717, 1.165) is 50.8 Å². The maximum Gasteiger partial charge on any atom is 0.287 e. The van der Waals surface area contributed by atoms with Gasteiger partial charge in [0.1, 0.15) is 33.6 Å². The van der Waals surface area contributed by atoms with Gasteiger partial charge in [-0.3, -0.25) is 9.97 Å². The molecule has 1 aliphatic heterocycles. The molecule has 11 rings (SSSR count). The third kappa shape index (κ3) is 9.92. The third-order valence-electron chi connectivity index (χ3n) is 11.2. The lowest BCUT2D eigenvalue weighted by molar-refractivity contribution is 0.596. The summed E-state index contributed by atoms with van der Waals surface area (Å²) in [6.45, 7) is 0.878. The molecule has 0 amide bonds. The van der Waals surface area contributed by atoms with Crippen molar-refractivity contribution < 1.29 is 16.8 Å². The van der Waals surface area contributed by atoms with E-state index in [4.69, 9.17) is 30.8 Å². The summed E-state index contributed by atoms with van der Waals surface area (Å²) in [4.78, 5) is 35.8. The molecule has 6 aromatic heterocycles. The van der Waals surface area contributed by atoms with Crippen molar-refractivity contribution in [3.63, 3.8) is 0 Å². The Labute approximate surface area is 407 Å². The van der Waals surface area contributed by atoms with Crippen molar-refractivity contribution in [2.75, 3.05) is 21.7 Å². The topological polar surface area (TPSA) is 272 Å². The fourth-order valence-corrected chi connectivity index (χ4v) is 9.41. The van der Waals surface area contributed by atoms with Crippen molar-refractivity contribution in [1.82, 2.24) is 39.9 Å². The molecule has 0 atom stereocenters. The van der Waals surface area contributed by atoms with Gasteiger partial charge in [-0.05, 0) is 70.8 Å². The van der Waals surface area contributed by atoms with Gasteiger partial charge >= 0.3 is 0 Å². The SMILES string of the molecule is Nc1ncc(-c2nc(NCc3ccccn3)c3c(-c4ccccc4)cccc3n2)cc1S(N)(=O)=O.O=S1(=O)N=CNc2ncc(-c3nc(NCc4ccccn4)c4c(-c5ccccc5)cccc4n3)cc21. The second-order valence-electron chi connectivity index (χ2n) is 15.8. The molecule has 0 spiro atoms. The Balaban J connectivity index is 0.000000164. The molecule has 0 saturated carbocycles. The molecule has 7 heterocycles. The number of nitrogens with two attached hydrogens (primary N) is 2. The van der Waals surface area contributed by atoms with Gasteiger partial charge in [-0.15, -0.1) is 4.40 Å². The Hall–Kier alpha value is -9.11. The molecule has 7 N–H and O–H groups in total. The first-order valence-corrected chi connectivity index (χ1v) is 24.8. The molecule has 0 unspecified atom stereocenters. The minimum absolute atomic E-state index is 0.0211. The van der Waals surface area contributed by atoms with Gasteiger partial charge in [0, 0.05) is 35.9 Å². The van der Waals surface area contributed by atoms with Crippen LogP contribution in [0.1, 0.15) is 11.4 Å². The monoisotopic (exact) mass is 976 g/mol. The van der Waals surface area contributed by atoms with Gasteiger partial charge in [0.05, 0.1) is 46.3 Å². The van der Waals surface area contributed by atoms with Crippen LogP contribution in [0.15, 0.2) is 185 Å². The maximum atomic E-state index is 12.5. The molecule has 1 aliphatic rings. The first-order valence-electron chi connectivity index (χ1n) is 21.8. The van der Waals surface area contributed by atoms with E-state index in [1.165, 1.54) is 18.3 Å². The summed E-state index contributed by atoms with van der Waals surface area (Å²) in [5.74, 6) is 1.84. The second kappa shape index (κ2) is 19.5. The molecule has 0 fully saturated rings. The number of fused-ring (bicyclic) bond motifs is 3. The van der Waals surface area contributed by atoms with Crippen molar-refractivity contribution in [2.45, 2.75) is 22.9 Å². The van der Waals surface area contributed by atoms with E-state index in [1.54, 1.807) is 18.6 Å². The fourth-order valence-electron chi connectivity index (χ4n) is 7.84. The van der Waals surface area contributed by atoms with Gasteiger partial charge in [-0.25, -0.2) is 43.5 Å². The molecule has 350 valence electrons. The molecule has 4 aromatic carbocycles. The minimum Gasteiger partial charge on any atom is -0.383 e. The van der Waals surface area contributed by atoms with Gasteiger partial charge < -0.3 is 21.7 Å². The number of primary sulfonamides is 1. The Bertz CT molecular complexity index is 3860. The van der Waals surface area contributed by atoms with Crippen LogP contribution in [0.5, 0.6) is 0 Å². The molecule has 0 radical (unpaired) electrons. The van der Waals surface area contributed by atoms with Crippen molar-refractivity contribution in [1.29, 1.82) is 0 Å². The van der Waals surface area contributed by atoms with E-state index in [9.17, 15) is 16.8 Å². The summed E-state index contributed by atoms with van der Waals surface area (Å²) < 4.78 is 52.4. The van der Waals surface area contributed by atoms with Crippen molar-refractivity contribution in [3.8, 4) is 45.0 Å². The number of hydrogen-bond acceptors (Lipinski definition) is 16. The first-order chi connectivity index (χ1) is 34.5. The zero-order valence-corrected chi connectivity index (χ0v) is 38.9. The average Bonchev–Trinajstić information content (AvgIpc) is 3.40. The van der Waals surface area contributed by atoms with Crippen LogP contribution in [0, 0.1) is 0 Å². The highest BCUT2D eigenvalue weighted by Gasteiger charge is 2.24. The lowest BCUT2D eigenvalue weighted by Crippen LogP contribution is -2.15. The quantitative estimate of drug-likeness (QED) is 0.0819. The zero-order valence-electron chi connectivity index (χ0n) is 37.3. The molecule has 71 heavy (non-hydrogen) atoms. The van der Waals surface area contributed by atoms with Crippen LogP contribution >= 0.6 is 0 Å². The molecular formula is C51H40N14O4S2. The van der Waals surface area contributed by atoms with Crippen LogP contribution in [-0.2, 0) is 33.1 Å². The lowest BCUT2D eigenvalue weighted by atomic mass is 10.0. The van der Waals surface area contributed by atoms with E-state index in [1.807, 2.05) is 133 Å². The number of nitrogens with one attached hydrogen (secondary N) is 3. The number of hydrogen-bond donors (Lipinski definition) is 5. The summed E-state index contributed by atoms with van der Waals surface area (Å²) in [5, 5.41) is 16.5. The lowest BCUT2D eigenvalue weighted by Gasteiger charge is -2.15. The zero-order chi connectivity index (χ0) is 49.0. The Morgan fingerprint density at radius 1 is 0.549 bits per heavy atom. The Kier molecular flexibility index (Phi) is 12.5. The highest BCUT2D eigenvalue weighted by atomic mass is 32.2. The maximum absolute atomic E-state index is 12.5. The van der Waals surface area contributed by atoms with Gasteiger partial charge in [-0.1, -0.05) is 97.1 Å². The summed E-state index contributed by atoms with van der Waals surface area (Å²) in [5.41, 5.74) is 13.6. The number of nitrogens with zero attached hydrogens (tertiary/aromatic N) is 9. The number of benzene rings is 4. The number of aromatic nitrogens is 8. The number of pyridine rings is 4. The van der Waals surface area contributed by atoms with Crippen molar-refractivity contribution in [2.24, 2.45) is 9.54 Å². The number of rotatable bonds is 11. The van der Waals surface area contributed by atoms with Crippen LogP contribution in [0.4, 0.5) is 23.3 Å². The van der Waals surface area contributed by atoms with Crippen LogP contribution in [-0.4, -0.2) is 63.0 Å². The molecule has 10 aromatic rings. The number of sulfonamides is 2. The number of nitrogen functional groups attached to an aromatic ring is 1. The van der Waals surface area contributed by atoms with Gasteiger partial charge in [0.25, 0.3) is 10.0 Å². The first kappa shape index (κ1) is 45.7. The summed E-state index contributed by atoms with van der Waals surface area (Å²) >= 11 is 0. The average molecular weight is 977 g/mol. The van der Waals surface area contributed by atoms with Crippen LogP contribution in [0.3, 0.4) is 0 Å². The predicted octanol–water partition coefficient (Wildman–Crippen LogP) is 8.10. The highest BCUT2D eigenvalue weighted by molar-refractivity contribution is 7.90. The Morgan fingerprint density at radius 3 is 1.56 bits per heavy atom. The predicted molar refractivity (Wildman–Crippen MR) is 275 cm³/mol. The summed E-state index contributed by atoms with van der Waals surface area (Å²) in [6, 6.07) is 45.9. The molecule has 18 nitrogen and oxygen atoms in total. The molecule has 0 bridgehead atoms. The molecular weight excluding hydrogens is 937 g/mol. The van der Waals surface area contributed by atoms with Crippen molar-refractivity contribution in [3.05, 3.63) is 182 Å². The second-order valence-corrected chi connectivity index (χ2v) is 19.0. The van der Waals surface area contributed by atoms with E-state index >= 15 is 0 Å². The van der Waals surface area contributed by atoms with E-state index in [2.05, 4.69) is 40.3 Å². The van der Waals surface area contributed by atoms with Crippen LogP contribution in [0.25, 0.3) is 66.8 Å². The van der Waals surface area contributed by atoms with Crippen molar-refractivity contribution >= 4 is 71.5 Å². The molecule has 0 aliphatic carbocycles. The van der Waals surface area contributed by atoms with Gasteiger partial charge in [0.2, 0.25) is 10.0 Å². The molecule has 0 saturated heterocycles. The van der Waals surface area contributed by atoms with Gasteiger partial charge in [-0.2, -0.15) is 8.42 Å². The summed E-state index contributed by atoms with van der Waals surface area (Å²) in [7, 11) is -7.92. The van der Waals surface area contributed by atoms with E-state index in [0.29, 0.717) is 52.7 Å². The van der Waals surface area contributed by atoms with Crippen LogP contribution in [0.2, 0.25) is 0 Å². The largest absolute Gasteiger partial charge is 0.383 e. The van der Waals surface area contributed by atoms with E-state index < -0.39 is 20.0 Å². The highest BCUT2D eigenvalue weighted by Crippen LogP contribution is 2.37. The normalized spacial score (nSPS) is 12.6. The standard InChI is InChI=1S/C26H19N7O2S.C25H21N7O2S/c34-36(35)22-13-18(14-28-25(22)30-16-31-36)24-32-21-11-6-10-20(17-7-2-1-3-8-17)23(21)26(33-24)29-15-19-9-4-5-12-27-19;26-23-21(35(27,33)34)13-17(14-29-23)24-31-20-11-6-10-19(16-7-2-1-3-8-16)22(20)25(32-24)30-15-18-9-4-5-12-28-18/h1-14,16H,15H2,(H,28,30,31)(H,29,32,33);1-14H,15H2,(H2,26,29)(H2,27,33,34)(H,30,31,32). The minimum atomic E-state index is -4.07. The fraction of sp³-hybridized carbons (Fsp3) is 0.0392.